The summed E-state index contributed by atoms with van der Waals surface area (Å²) in [5.74, 6) is -0.262. The van der Waals surface area contributed by atoms with Gasteiger partial charge in [0.1, 0.15) is 10.7 Å². The van der Waals surface area contributed by atoms with Gasteiger partial charge in [0.25, 0.3) is 5.91 Å². The van der Waals surface area contributed by atoms with Crippen LogP contribution >= 0.6 is 11.3 Å². The summed E-state index contributed by atoms with van der Waals surface area (Å²) in [4.78, 5) is 16.4. The van der Waals surface area contributed by atoms with E-state index < -0.39 is 5.60 Å². The largest absolute Gasteiger partial charge is 0.388 e. The number of carbonyl (C=O) groups is 1. The van der Waals surface area contributed by atoms with Crippen LogP contribution in [0.4, 0.5) is 0 Å². The third kappa shape index (κ3) is 3.68. The molecule has 0 spiro atoms. The Morgan fingerprint density at radius 3 is 2.76 bits per heavy atom. The van der Waals surface area contributed by atoms with Gasteiger partial charge in [0.05, 0.1) is 11.8 Å². The molecule has 0 bridgehead atoms. The molecule has 0 atom stereocenters. The number of aryl methyl sites for hydroxylation is 1. The highest BCUT2D eigenvalue weighted by molar-refractivity contribution is 7.13. The topological polar surface area (TPSA) is 80.0 Å². The van der Waals surface area contributed by atoms with Crippen molar-refractivity contribution in [3.05, 3.63) is 23.5 Å². The highest BCUT2D eigenvalue weighted by Gasteiger charge is 2.23. The number of aliphatic hydroxyl groups is 1. The molecule has 2 aromatic rings. The summed E-state index contributed by atoms with van der Waals surface area (Å²) in [7, 11) is 1.83. The van der Waals surface area contributed by atoms with E-state index in [1.54, 1.807) is 16.3 Å². The third-order valence-electron chi connectivity index (χ3n) is 3.58. The van der Waals surface area contributed by atoms with Crippen molar-refractivity contribution in [1.82, 2.24) is 20.1 Å². The minimum absolute atomic E-state index is 0.235. The molecule has 114 valence electrons. The van der Waals surface area contributed by atoms with E-state index >= 15 is 0 Å². The van der Waals surface area contributed by atoms with Crippen molar-refractivity contribution in [2.45, 2.75) is 32.3 Å². The number of carbonyl (C=O) groups excluding carboxylic acids is 1. The van der Waals surface area contributed by atoms with E-state index in [4.69, 9.17) is 0 Å². The third-order valence-corrected chi connectivity index (χ3v) is 4.47. The number of nitrogens with one attached hydrogen (secondary N) is 1. The fourth-order valence-corrected chi connectivity index (χ4v) is 2.65. The van der Waals surface area contributed by atoms with Crippen LogP contribution in [0, 0.1) is 0 Å². The summed E-state index contributed by atoms with van der Waals surface area (Å²) in [5.41, 5.74) is 0.409. The zero-order valence-electron chi connectivity index (χ0n) is 12.5. The van der Waals surface area contributed by atoms with Gasteiger partial charge in [-0.1, -0.05) is 13.8 Å². The lowest BCUT2D eigenvalue weighted by Crippen LogP contribution is -2.42. The number of rotatable bonds is 6. The molecule has 0 saturated heterocycles. The van der Waals surface area contributed by atoms with Crippen LogP contribution in [-0.4, -0.2) is 37.9 Å². The molecule has 6 nitrogen and oxygen atoms in total. The Bertz CT molecular complexity index is 616. The quantitative estimate of drug-likeness (QED) is 0.853. The first-order chi connectivity index (χ1) is 9.97. The van der Waals surface area contributed by atoms with Gasteiger partial charge in [0.2, 0.25) is 0 Å². The number of nitrogens with zero attached hydrogens (tertiary/aromatic N) is 3. The first kappa shape index (κ1) is 15.7. The van der Waals surface area contributed by atoms with Gasteiger partial charge in [0, 0.05) is 30.7 Å². The van der Waals surface area contributed by atoms with Crippen molar-refractivity contribution in [3.63, 3.8) is 0 Å². The normalized spacial score (nSPS) is 11.6. The van der Waals surface area contributed by atoms with Crippen LogP contribution in [0.2, 0.25) is 0 Å². The highest BCUT2D eigenvalue weighted by atomic mass is 32.1. The SMILES string of the molecule is CCC(O)(CC)CNC(=O)c1csc(-c2cnn(C)c2)n1. The van der Waals surface area contributed by atoms with E-state index in [1.165, 1.54) is 11.3 Å². The number of thiazole rings is 1. The van der Waals surface area contributed by atoms with Crippen LogP contribution in [0.3, 0.4) is 0 Å². The molecule has 0 aromatic carbocycles. The van der Waals surface area contributed by atoms with Gasteiger partial charge in [-0.25, -0.2) is 4.98 Å². The molecular weight excluding hydrogens is 288 g/mol. The van der Waals surface area contributed by atoms with E-state index in [-0.39, 0.29) is 12.5 Å². The number of hydrogen-bond acceptors (Lipinski definition) is 5. The molecule has 2 rings (SSSR count). The minimum Gasteiger partial charge on any atom is -0.388 e. The van der Waals surface area contributed by atoms with E-state index in [1.807, 2.05) is 27.1 Å². The lowest BCUT2D eigenvalue weighted by atomic mass is 9.97. The maximum atomic E-state index is 12.1. The Morgan fingerprint density at radius 1 is 1.48 bits per heavy atom. The minimum atomic E-state index is -0.849. The molecule has 2 heterocycles. The maximum absolute atomic E-state index is 12.1. The first-order valence-electron chi connectivity index (χ1n) is 6.92. The lowest BCUT2D eigenvalue weighted by molar-refractivity contribution is 0.0313. The molecule has 1 amide bonds. The van der Waals surface area contributed by atoms with Crippen molar-refractivity contribution in [2.75, 3.05) is 6.54 Å². The lowest BCUT2D eigenvalue weighted by Gasteiger charge is -2.25. The zero-order chi connectivity index (χ0) is 15.5. The maximum Gasteiger partial charge on any atom is 0.270 e. The Labute approximate surface area is 127 Å². The molecule has 0 aliphatic heterocycles. The van der Waals surface area contributed by atoms with E-state index in [0.717, 1.165) is 10.6 Å². The van der Waals surface area contributed by atoms with Gasteiger partial charge in [0.15, 0.2) is 0 Å². The second-order valence-corrected chi connectivity index (χ2v) is 5.91. The van der Waals surface area contributed by atoms with Crippen LogP contribution < -0.4 is 5.32 Å². The number of aromatic nitrogens is 3. The van der Waals surface area contributed by atoms with E-state index in [2.05, 4.69) is 15.4 Å². The van der Waals surface area contributed by atoms with Gasteiger partial charge < -0.3 is 10.4 Å². The van der Waals surface area contributed by atoms with E-state index in [0.29, 0.717) is 18.5 Å². The second-order valence-electron chi connectivity index (χ2n) is 5.05. The fourth-order valence-electron chi connectivity index (χ4n) is 1.88. The predicted molar refractivity (Wildman–Crippen MR) is 82.2 cm³/mol. The molecule has 2 N–H and O–H groups in total. The Hall–Kier alpha value is -1.73. The van der Waals surface area contributed by atoms with Crippen LogP contribution in [0.15, 0.2) is 17.8 Å². The smallest absolute Gasteiger partial charge is 0.270 e. The van der Waals surface area contributed by atoms with E-state index in [9.17, 15) is 9.90 Å². The second kappa shape index (κ2) is 6.36. The Morgan fingerprint density at radius 2 is 2.19 bits per heavy atom. The van der Waals surface area contributed by atoms with Crippen LogP contribution in [0.25, 0.3) is 10.6 Å². The average molecular weight is 308 g/mol. The molecule has 0 saturated carbocycles. The van der Waals surface area contributed by atoms with Crippen molar-refractivity contribution < 1.29 is 9.90 Å². The summed E-state index contributed by atoms with van der Waals surface area (Å²) < 4.78 is 1.69. The van der Waals surface area contributed by atoms with Crippen molar-refractivity contribution in [3.8, 4) is 10.6 Å². The molecule has 21 heavy (non-hydrogen) atoms. The van der Waals surface area contributed by atoms with Crippen molar-refractivity contribution in [2.24, 2.45) is 7.05 Å². The van der Waals surface area contributed by atoms with Gasteiger partial charge in [-0.15, -0.1) is 11.3 Å². The van der Waals surface area contributed by atoms with Crippen molar-refractivity contribution >= 4 is 17.2 Å². The summed E-state index contributed by atoms with van der Waals surface area (Å²) in [6.07, 6.45) is 4.77. The van der Waals surface area contributed by atoms with Gasteiger partial charge in [-0.3, -0.25) is 9.48 Å². The Kier molecular flexibility index (Phi) is 4.74. The monoisotopic (exact) mass is 308 g/mol. The molecule has 0 fully saturated rings. The molecular formula is C14H20N4O2S. The van der Waals surface area contributed by atoms with Gasteiger partial charge in [-0.2, -0.15) is 5.10 Å². The summed E-state index contributed by atoms with van der Waals surface area (Å²) in [6.45, 7) is 4.04. The molecule has 2 aromatic heterocycles. The Balaban J connectivity index is 2.02. The van der Waals surface area contributed by atoms with Crippen LogP contribution in [-0.2, 0) is 7.05 Å². The first-order valence-corrected chi connectivity index (χ1v) is 7.80. The molecule has 0 unspecified atom stereocenters. The summed E-state index contributed by atoms with van der Waals surface area (Å²) in [5, 5.41) is 19.5. The summed E-state index contributed by atoms with van der Waals surface area (Å²) >= 11 is 1.40. The number of hydrogen-bond donors (Lipinski definition) is 2. The number of amides is 1. The standard InChI is InChI=1S/C14H20N4O2S/c1-4-14(20,5-2)9-15-12(19)11-8-21-13(17-11)10-6-16-18(3)7-10/h6-8,20H,4-5,9H2,1-3H3,(H,15,19). The van der Waals surface area contributed by atoms with Crippen LogP contribution in [0.1, 0.15) is 37.2 Å². The van der Waals surface area contributed by atoms with Crippen LogP contribution in [0.5, 0.6) is 0 Å². The highest BCUT2D eigenvalue weighted by Crippen LogP contribution is 2.23. The average Bonchev–Trinajstić information content (AvgIpc) is 3.13. The zero-order valence-corrected chi connectivity index (χ0v) is 13.3. The van der Waals surface area contributed by atoms with Crippen molar-refractivity contribution in [1.29, 1.82) is 0 Å². The fraction of sp³-hybridized carbons (Fsp3) is 0.500. The molecule has 0 aliphatic carbocycles. The van der Waals surface area contributed by atoms with Gasteiger partial charge in [-0.05, 0) is 12.8 Å². The summed E-state index contributed by atoms with van der Waals surface area (Å²) in [6, 6.07) is 0. The predicted octanol–water partition coefficient (Wildman–Crippen LogP) is 1.82. The molecule has 0 aliphatic rings. The van der Waals surface area contributed by atoms with Gasteiger partial charge >= 0.3 is 0 Å². The molecule has 0 radical (unpaired) electrons. The molecule has 7 heteroatoms.